The van der Waals surface area contributed by atoms with Crippen molar-refractivity contribution in [1.29, 1.82) is 0 Å². The van der Waals surface area contributed by atoms with Crippen molar-refractivity contribution in [3.8, 4) is 0 Å². The fourth-order valence-electron chi connectivity index (χ4n) is 0.903. The molecule has 52 valence electrons. The fourth-order valence-corrected chi connectivity index (χ4v) is 0.903. The Morgan fingerprint density at radius 3 is 2.56 bits per heavy atom. The largest absolute Gasteiger partial charge is 0.299 e. The molecule has 1 heterocycles. The third-order valence-corrected chi connectivity index (χ3v) is 1.42. The lowest BCUT2D eigenvalue weighted by Crippen LogP contribution is -2.28. The Morgan fingerprint density at radius 1 is 1.67 bits per heavy atom. The fraction of sp³-hybridized carbons (Fsp3) is 0.833. The second-order valence-electron chi connectivity index (χ2n) is 2.60. The third-order valence-electron chi connectivity index (χ3n) is 1.42. The van der Waals surface area contributed by atoms with E-state index in [2.05, 4.69) is 29.4 Å². The van der Waals surface area contributed by atoms with Crippen molar-refractivity contribution in [3.63, 3.8) is 0 Å². The lowest BCUT2D eigenvalue weighted by Gasteiger charge is -2.05. The van der Waals surface area contributed by atoms with Gasteiger partial charge in [-0.15, -0.1) is 5.48 Å². The van der Waals surface area contributed by atoms with Crippen molar-refractivity contribution in [1.82, 2.24) is 5.48 Å². The molecule has 3 heteroatoms. The zero-order valence-electron chi connectivity index (χ0n) is 6.01. The summed E-state index contributed by atoms with van der Waals surface area (Å²) in [6.45, 7) is 6.24. The van der Waals surface area contributed by atoms with Gasteiger partial charge in [0.1, 0.15) is 0 Å². The van der Waals surface area contributed by atoms with E-state index in [9.17, 15) is 0 Å². The van der Waals surface area contributed by atoms with Crippen molar-refractivity contribution in [2.45, 2.75) is 26.8 Å². The number of nitrogens with zero attached hydrogens (tertiary/aromatic N) is 1. The van der Waals surface area contributed by atoms with Crippen LogP contribution in [0.4, 0.5) is 0 Å². The Morgan fingerprint density at radius 2 is 2.33 bits per heavy atom. The molecule has 1 unspecified atom stereocenters. The summed E-state index contributed by atoms with van der Waals surface area (Å²) >= 11 is 0. The molecule has 0 aromatic rings. The first-order chi connectivity index (χ1) is 4.22. The second kappa shape index (κ2) is 2.35. The third kappa shape index (κ3) is 1.21. The molecular weight excluding hydrogens is 116 g/mol. The molecule has 1 atom stereocenters. The predicted octanol–water partition coefficient (Wildman–Crippen LogP) is 0.922. The van der Waals surface area contributed by atoms with Gasteiger partial charge in [-0.2, -0.15) is 0 Å². The Hall–Kier alpha value is -0.570. The highest BCUT2D eigenvalue weighted by molar-refractivity contribution is 5.90. The Labute approximate surface area is 55.0 Å². The minimum atomic E-state index is 0.282. The first-order valence-corrected chi connectivity index (χ1v) is 3.21. The van der Waals surface area contributed by atoms with E-state index in [-0.39, 0.29) is 6.04 Å². The molecule has 0 aromatic heterocycles. The standard InChI is InChI=1S/C6H12N2O/c1-4(2)6-5(3)7-9-8-6/h4-5,7H,1-3H3. The van der Waals surface area contributed by atoms with E-state index in [4.69, 9.17) is 0 Å². The molecule has 0 saturated heterocycles. The summed E-state index contributed by atoms with van der Waals surface area (Å²) in [7, 11) is 0. The summed E-state index contributed by atoms with van der Waals surface area (Å²) in [5.41, 5.74) is 3.84. The Bertz CT molecular complexity index is 131. The van der Waals surface area contributed by atoms with E-state index in [1.165, 1.54) is 0 Å². The van der Waals surface area contributed by atoms with Gasteiger partial charge in [-0.1, -0.05) is 19.0 Å². The highest BCUT2D eigenvalue weighted by Crippen LogP contribution is 2.06. The lowest BCUT2D eigenvalue weighted by atomic mass is 10.0. The number of hydrogen-bond donors (Lipinski definition) is 1. The van der Waals surface area contributed by atoms with Crippen LogP contribution in [0.2, 0.25) is 0 Å². The van der Waals surface area contributed by atoms with E-state index in [1.54, 1.807) is 0 Å². The van der Waals surface area contributed by atoms with Crippen molar-refractivity contribution in [2.24, 2.45) is 11.1 Å². The van der Waals surface area contributed by atoms with Crippen LogP contribution in [0, 0.1) is 5.92 Å². The minimum absolute atomic E-state index is 0.282. The number of hydroxylamine groups is 1. The van der Waals surface area contributed by atoms with Crippen LogP contribution in [0.25, 0.3) is 0 Å². The molecule has 1 rings (SSSR count). The van der Waals surface area contributed by atoms with Gasteiger partial charge in [0.25, 0.3) is 0 Å². The summed E-state index contributed by atoms with van der Waals surface area (Å²) < 4.78 is 0. The van der Waals surface area contributed by atoms with Crippen LogP contribution in [0.3, 0.4) is 0 Å². The summed E-state index contributed by atoms with van der Waals surface area (Å²) in [5, 5.41) is 3.82. The molecule has 0 aliphatic carbocycles. The van der Waals surface area contributed by atoms with Gasteiger partial charge in [-0.05, 0) is 12.8 Å². The first kappa shape index (κ1) is 6.55. The topological polar surface area (TPSA) is 33.6 Å². The van der Waals surface area contributed by atoms with Gasteiger partial charge in [-0.25, -0.2) is 0 Å². The lowest BCUT2D eigenvalue weighted by molar-refractivity contribution is 0.0629. The average Bonchev–Trinajstić information content (AvgIpc) is 2.13. The zero-order chi connectivity index (χ0) is 6.85. The van der Waals surface area contributed by atoms with Crippen molar-refractivity contribution in [2.75, 3.05) is 0 Å². The molecule has 0 amide bonds. The zero-order valence-corrected chi connectivity index (χ0v) is 6.01. The van der Waals surface area contributed by atoms with Crippen LogP contribution in [0.1, 0.15) is 20.8 Å². The van der Waals surface area contributed by atoms with E-state index < -0.39 is 0 Å². The van der Waals surface area contributed by atoms with Crippen LogP contribution in [-0.2, 0) is 4.94 Å². The minimum Gasteiger partial charge on any atom is -0.299 e. The highest BCUT2D eigenvalue weighted by Gasteiger charge is 2.19. The molecule has 9 heavy (non-hydrogen) atoms. The SMILES string of the molecule is CC(C)C1=NONC1C. The Kier molecular flexibility index (Phi) is 1.71. The molecule has 0 spiro atoms. The highest BCUT2D eigenvalue weighted by atomic mass is 16.8. The number of hydrogen-bond acceptors (Lipinski definition) is 3. The number of rotatable bonds is 1. The molecule has 1 aliphatic rings. The van der Waals surface area contributed by atoms with Crippen LogP contribution in [0.5, 0.6) is 0 Å². The average molecular weight is 128 g/mol. The number of nitrogens with one attached hydrogen (secondary N) is 1. The molecule has 3 nitrogen and oxygen atoms in total. The van der Waals surface area contributed by atoms with Gasteiger partial charge in [0.05, 0.1) is 11.8 Å². The summed E-state index contributed by atoms with van der Waals surface area (Å²) in [4.78, 5) is 4.67. The van der Waals surface area contributed by atoms with Gasteiger partial charge in [0, 0.05) is 0 Å². The molecule has 1 aliphatic heterocycles. The molecule has 1 N–H and O–H groups in total. The van der Waals surface area contributed by atoms with Gasteiger partial charge in [0.15, 0.2) is 0 Å². The van der Waals surface area contributed by atoms with Crippen LogP contribution < -0.4 is 5.48 Å². The van der Waals surface area contributed by atoms with E-state index in [0.717, 1.165) is 5.71 Å². The quantitative estimate of drug-likeness (QED) is 0.569. The molecule has 0 fully saturated rings. The van der Waals surface area contributed by atoms with Gasteiger partial charge < -0.3 is 0 Å². The smallest absolute Gasteiger partial charge is 0.0843 e. The molecule has 0 radical (unpaired) electrons. The first-order valence-electron chi connectivity index (χ1n) is 3.21. The van der Waals surface area contributed by atoms with Gasteiger partial charge in [-0.3, -0.25) is 4.94 Å². The summed E-state index contributed by atoms with van der Waals surface area (Å²) in [6.07, 6.45) is 0. The maximum absolute atomic E-state index is 4.67. The van der Waals surface area contributed by atoms with E-state index in [1.807, 2.05) is 6.92 Å². The molecule has 0 aromatic carbocycles. The Balaban J connectivity index is 2.57. The second-order valence-corrected chi connectivity index (χ2v) is 2.60. The summed E-state index contributed by atoms with van der Waals surface area (Å²) in [6, 6.07) is 0.282. The monoisotopic (exact) mass is 128 g/mol. The van der Waals surface area contributed by atoms with E-state index >= 15 is 0 Å². The van der Waals surface area contributed by atoms with Gasteiger partial charge in [0.2, 0.25) is 0 Å². The van der Waals surface area contributed by atoms with Crippen LogP contribution in [0.15, 0.2) is 5.16 Å². The van der Waals surface area contributed by atoms with E-state index in [0.29, 0.717) is 5.92 Å². The normalized spacial score (nSPS) is 26.2. The van der Waals surface area contributed by atoms with Crippen molar-refractivity contribution in [3.05, 3.63) is 0 Å². The maximum atomic E-state index is 4.67. The maximum Gasteiger partial charge on any atom is 0.0843 e. The molecular formula is C6H12N2O. The van der Waals surface area contributed by atoms with Crippen molar-refractivity contribution >= 4 is 5.71 Å². The predicted molar refractivity (Wildman–Crippen MR) is 36.0 cm³/mol. The van der Waals surface area contributed by atoms with Crippen LogP contribution >= 0.6 is 0 Å². The molecule has 0 saturated carbocycles. The van der Waals surface area contributed by atoms with Crippen LogP contribution in [-0.4, -0.2) is 11.8 Å². The summed E-state index contributed by atoms with van der Waals surface area (Å²) in [5.74, 6) is 0.481. The van der Waals surface area contributed by atoms with Gasteiger partial charge >= 0.3 is 0 Å². The van der Waals surface area contributed by atoms with Crippen molar-refractivity contribution < 1.29 is 4.94 Å². The molecule has 0 bridgehead atoms. The number of oxime groups is 1.